The summed E-state index contributed by atoms with van der Waals surface area (Å²) >= 11 is 12.6. The Bertz CT molecular complexity index is 1160. The summed E-state index contributed by atoms with van der Waals surface area (Å²) in [6, 6.07) is 3.30. The highest BCUT2D eigenvalue weighted by molar-refractivity contribution is 6.32. The lowest BCUT2D eigenvalue weighted by Crippen LogP contribution is -2.60. The largest absolute Gasteiger partial charge is 0.398 e. The molecule has 1 fully saturated rings. The maximum Gasteiger partial charge on any atom is 0.271 e. The average molecular weight is 506 g/mol. The highest BCUT2D eigenvalue weighted by Crippen LogP contribution is 2.33. The molecule has 0 unspecified atom stereocenters. The molecule has 0 atom stereocenters. The third-order valence-corrected chi connectivity index (χ3v) is 6.28. The number of nitrogens with two attached hydrogens (primary N) is 1. The number of carbonyl (C=O) groups excluding carboxylic acids is 2. The highest BCUT2D eigenvalue weighted by atomic mass is 35.5. The average Bonchev–Trinajstić information content (AvgIpc) is 3.00. The number of anilines is 1. The maximum absolute atomic E-state index is 12.7. The smallest absolute Gasteiger partial charge is 0.271 e. The molecule has 2 heterocycles. The normalized spacial score (nSPS) is 13.9. The Balaban J connectivity index is 1.68. The van der Waals surface area contributed by atoms with Gasteiger partial charge in [0.15, 0.2) is 5.15 Å². The Kier molecular flexibility index (Phi) is 7.28. The molecule has 2 amide bonds. The predicted octanol–water partition coefficient (Wildman–Crippen LogP) is 2.85. The number of likely N-dealkylation sites (tertiary alicyclic amines) is 1. The summed E-state index contributed by atoms with van der Waals surface area (Å²) in [5.74, 6) is 0.0244. The third-order valence-electron chi connectivity index (χ3n) is 5.70. The summed E-state index contributed by atoms with van der Waals surface area (Å²) in [5.41, 5.74) is 7.90. The molecular weight excluding hydrogens is 477 g/mol. The van der Waals surface area contributed by atoms with E-state index in [4.69, 9.17) is 34.3 Å². The van der Waals surface area contributed by atoms with Gasteiger partial charge in [-0.05, 0) is 29.2 Å². The molecular formula is C23H29Cl2N7O2. The maximum atomic E-state index is 12.7. The molecule has 0 spiro atoms. The predicted molar refractivity (Wildman–Crippen MR) is 134 cm³/mol. The fraction of sp³-hybridized carbons (Fsp3) is 0.391. The lowest BCUT2D eigenvalue weighted by Gasteiger charge is -2.38. The highest BCUT2D eigenvalue weighted by Gasteiger charge is 2.32. The van der Waals surface area contributed by atoms with Crippen molar-refractivity contribution in [1.29, 1.82) is 5.41 Å². The number of nitrogen functional groups attached to an aromatic ring is 1. The van der Waals surface area contributed by atoms with Gasteiger partial charge in [0.2, 0.25) is 5.91 Å². The van der Waals surface area contributed by atoms with Crippen molar-refractivity contribution < 1.29 is 9.59 Å². The lowest BCUT2D eigenvalue weighted by molar-refractivity contribution is -0.130. The summed E-state index contributed by atoms with van der Waals surface area (Å²) in [5, 5.41) is 14.9. The van der Waals surface area contributed by atoms with Gasteiger partial charge < -0.3 is 25.8 Å². The molecule has 182 valence electrons. The van der Waals surface area contributed by atoms with Crippen LogP contribution in [0.2, 0.25) is 10.2 Å². The van der Waals surface area contributed by atoms with Crippen molar-refractivity contribution in [3.05, 3.63) is 57.6 Å². The minimum atomic E-state index is -0.381. The Hall–Kier alpha value is -3.04. The van der Waals surface area contributed by atoms with E-state index in [1.807, 2.05) is 26.8 Å². The van der Waals surface area contributed by atoms with Crippen molar-refractivity contribution in [2.45, 2.75) is 38.8 Å². The van der Waals surface area contributed by atoms with Crippen LogP contribution >= 0.6 is 23.2 Å². The summed E-state index contributed by atoms with van der Waals surface area (Å²) in [4.78, 5) is 30.2. The Morgan fingerprint density at radius 3 is 2.56 bits per heavy atom. The molecule has 11 heteroatoms. The number of nitrogens with one attached hydrogen (secondary N) is 3. The molecule has 1 aliphatic rings. The number of hydrogen-bond acceptors (Lipinski definition) is 5. The van der Waals surface area contributed by atoms with Crippen molar-refractivity contribution in [3.8, 4) is 0 Å². The van der Waals surface area contributed by atoms with E-state index in [2.05, 4.69) is 22.2 Å². The molecule has 0 bridgehead atoms. The van der Waals surface area contributed by atoms with Gasteiger partial charge in [0.05, 0.1) is 12.6 Å². The molecule has 3 rings (SSSR count). The van der Waals surface area contributed by atoms with Gasteiger partial charge in [-0.15, -0.1) is 0 Å². The molecule has 9 nitrogen and oxygen atoms in total. The van der Waals surface area contributed by atoms with Crippen LogP contribution in [0, 0.1) is 5.41 Å². The number of amides is 2. The number of amidine groups is 1. The van der Waals surface area contributed by atoms with E-state index < -0.39 is 0 Å². The summed E-state index contributed by atoms with van der Waals surface area (Å²) in [7, 11) is 1.68. The summed E-state index contributed by atoms with van der Waals surface area (Å²) in [6.07, 6.45) is 1.24. The number of rotatable bonds is 6. The van der Waals surface area contributed by atoms with Gasteiger partial charge in [-0.2, -0.15) is 0 Å². The molecule has 0 radical (unpaired) electrons. The molecule has 2 aromatic rings. The van der Waals surface area contributed by atoms with Crippen LogP contribution < -0.4 is 16.4 Å². The zero-order valence-corrected chi connectivity index (χ0v) is 21.1. The first-order chi connectivity index (χ1) is 15.8. The van der Waals surface area contributed by atoms with Gasteiger partial charge in [-0.3, -0.25) is 15.0 Å². The molecule has 1 aromatic heterocycles. The minimum absolute atomic E-state index is 0.0581. The molecule has 1 aliphatic heterocycles. The first kappa shape index (κ1) is 25.6. The van der Waals surface area contributed by atoms with Crippen LogP contribution in [0.5, 0.6) is 0 Å². The van der Waals surface area contributed by atoms with E-state index >= 15 is 0 Å². The quantitative estimate of drug-likeness (QED) is 0.207. The van der Waals surface area contributed by atoms with Crippen LogP contribution in [-0.2, 0) is 23.8 Å². The van der Waals surface area contributed by atoms with Crippen molar-refractivity contribution in [3.63, 3.8) is 0 Å². The minimum Gasteiger partial charge on any atom is -0.398 e. The second kappa shape index (κ2) is 9.68. The van der Waals surface area contributed by atoms with E-state index in [-0.39, 0.29) is 46.5 Å². The van der Waals surface area contributed by atoms with Crippen molar-refractivity contribution >= 4 is 46.5 Å². The lowest BCUT2D eigenvalue weighted by atomic mass is 9.85. The zero-order chi connectivity index (χ0) is 25.4. The molecule has 1 aromatic carbocycles. The molecule has 5 N–H and O–H groups in total. The molecule has 0 saturated carbocycles. The number of nitrogens with zero attached hydrogens (tertiary/aromatic N) is 3. The van der Waals surface area contributed by atoms with Crippen LogP contribution in [-0.4, -0.2) is 51.2 Å². The fourth-order valence-corrected chi connectivity index (χ4v) is 4.45. The van der Waals surface area contributed by atoms with Gasteiger partial charge in [0.25, 0.3) is 5.91 Å². The fourth-order valence-electron chi connectivity index (χ4n) is 3.69. The van der Waals surface area contributed by atoms with Crippen LogP contribution in [0.25, 0.3) is 0 Å². The van der Waals surface area contributed by atoms with Crippen LogP contribution in [0.3, 0.4) is 0 Å². The molecule has 0 aliphatic carbocycles. The number of halogens is 2. The van der Waals surface area contributed by atoms with Gasteiger partial charge in [0.1, 0.15) is 17.4 Å². The summed E-state index contributed by atoms with van der Waals surface area (Å²) in [6.45, 7) is 10.5. The first-order valence-electron chi connectivity index (χ1n) is 10.7. The summed E-state index contributed by atoms with van der Waals surface area (Å²) < 4.78 is 1.58. The number of aromatic nitrogens is 2. The van der Waals surface area contributed by atoms with E-state index in [0.717, 1.165) is 5.56 Å². The van der Waals surface area contributed by atoms with E-state index in [9.17, 15) is 9.59 Å². The first-order valence-corrected chi connectivity index (χ1v) is 11.4. The SMILES string of the molecule is C=CC(=O)N1CC(NC(=O)c2c(Cl)nc(CNC(=N)c3cc(C(C)(C)C)c(Cl)cc3N)n2C)C1. The van der Waals surface area contributed by atoms with Gasteiger partial charge in [-0.25, -0.2) is 4.98 Å². The number of imidazole rings is 1. The van der Waals surface area contributed by atoms with Crippen molar-refractivity contribution in [1.82, 2.24) is 25.1 Å². The van der Waals surface area contributed by atoms with E-state index in [1.165, 1.54) is 6.08 Å². The second-order valence-electron chi connectivity index (χ2n) is 9.24. The van der Waals surface area contributed by atoms with E-state index in [0.29, 0.717) is 35.2 Å². The van der Waals surface area contributed by atoms with Crippen LogP contribution in [0.1, 0.15) is 48.2 Å². The van der Waals surface area contributed by atoms with Crippen molar-refractivity contribution in [2.75, 3.05) is 18.8 Å². The Labute approximate surface area is 208 Å². The standard InChI is InChI=1S/C23H29Cl2N7O2/c1-6-18(33)32-10-12(11-32)29-22(34)19-20(25)30-17(31(19)5)9-28-21(27)13-7-14(23(2,3)4)15(24)8-16(13)26/h6-8,12H,1,9-11,26H2,2-5H3,(H2,27,28)(H,29,34). The molecule has 1 saturated heterocycles. The number of carbonyl (C=O) groups is 2. The van der Waals surface area contributed by atoms with Crippen LogP contribution in [0.4, 0.5) is 5.69 Å². The second-order valence-corrected chi connectivity index (χ2v) is 10.0. The number of hydrogen-bond donors (Lipinski definition) is 4. The van der Waals surface area contributed by atoms with Gasteiger partial charge in [0, 0.05) is 36.4 Å². The Morgan fingerprint density at radius 2 is 1.97 bits per heavy atom. The Morgan fingerprint density at radius 1 is 1.32 bits per heavy atom. The van der Waals surface area contributed by atoms with Crippen LogP contribution in [0.15, 0.2) is 24.8 Å². The molecule has 34 heavy (non-hydrogen) atoms. The van der Waals surface area contributed by atoms with Gasteiger partial charge in [-0.1, -0.05) is 50.6 Å². The van der Waals surface area contributed by atoms with Gasteiger partial charge >= 0.3 is 0 Å². The topological polar surface area (TPSA) is 129 Å². The van der Waals surface area contributed by atoms with E-state index in [1.54, 1.807) is 22.6 Å². The monoisotopic (exact) mass is 505 g/mol. The zero-order valence-electron chi connectivity index (χ0n) is 19.6. The number of benzene rings is 1. The third kappa shape index (κ3) is 5.20. The van der Waals surface area contributed by atoms with Crippen molar-refractivity contribution in [2.24, 2.45) is 7.05 Å².